The van der Waals surface area contributed by atoms with E-state index < -0.39 is 12.0 Å². The zero-order valence-corrected chi connectivity index (χ0v) is 20.2. The van der Waals surface area contributed by atoms with Crippen molar-refractivity contribution in [3.05, 3.63) is 66.6 Å². The molecule has 1 aromatic carbocycles. The predicted molar refractivity (Wildman–Crippen MR) is 134 cm³/mol. The first-order valence-corrected chi connectivity index (χ1v) is 11.6. The first-order chi connectivity index (χ1) is 17.8. The van der Waals surface area contributed by atoms with Gasteiger partial charge in [-0.05, 0) is 30.9 Å². The van der Waals surface area contributed by atoms with Crippen LogP contribution in [-0.2, 0) is 16.1 Å². The first kappa shape index (κ1) is 25.3. The van der Waals surface area contributed by atoms with E-state index in [-0.39, 0.29) is 42.1 Å². The van der Waals surface area contributed by atoms with Crippen molar-refractivity contribution in [3.63, 3.8) is 0 Å². The molecular formula is C24H27N9O4. The second kappa shape index (κ2) is 11.3. The van der Waals surface area contributed by atoms with Gasteiger partial charge in [0.15, 0.2) is 11.5 Å². The molecule has 192 valence electrons. The standard InChI is InChI=1S/C24H27N9O4/c1-3-19(34)27-16-9-10-18(11-16)32(2)23-29-22(20(21(25)35)30-31-23)28-17-12-26-33(13-17)24(36)37-14-15-7-5-4-6-8-15/h3-8,12-13,16,18H,1,9-11,14H2,2H3,(H2,25,35)(H,27,34)(H,28,29,31)/t16?,18-/m1/s1. The molecule has 37 heavy (non-hydrogen) atoms. The number of amides is 2. The predicted octanol–water partition coefficient (Wildman–Crippen LogP) is 1.75. The molecule has 3 aromatic rings. The van der Waals surface area contributed by atoms with Crippen LogP contribution >= 0.6 is 0 Å². The number of hydrogen-bond acceptors (Lipinski definition) is 10. The Morgan fingerprint density at radius 3 is 2.76 bits per heavy atom. The summed E-state index contributed by atoms with van der Waals surface area (Å²) >= 11 is 0. The maximum atomic E-state index is 12.4. The minimum atomic E-state index is -0.820. The van der Waals surface area contributed by atoms with E-state index in [1.807, 2.05) is 42.3 Å². The Labute approximate surface area is 212 Å². The number of rotatable bonds is 9. The van der Waals surface area contributed by atoms with Gasteiger partial charge in [0.2, 0.25) is 11.9 Å². The van der Waals surface area contributed by atoms with Gasteiger partial charge in [-0.2, -0.15) is 14.8 Å². The lowest BCUT2D eigenvalue weighted by atomic mass is 10.2. The lowest BCUT2D eigenvalue weighted by molar-refractivity contribution is -0.117. The minimum Gasteiger partial charge on any atom is -0.443 e. The molecule has 1 fully saturated rings. The number of carbonyl (C=O) groups is 3. The van der Waals surface area contributed by atoms with Crippen molar-refractivity contribution in [2.75, 3.05) is 17.3 Å². The average molecular weight is 506 g/mol. The fourth-order valence-electron chi connectivity index (χ4n) is 3.99. The number of benzene rings is 1. The van der Waals surface area contributed by atoms with Gasteiger partial charge in [-0.25, -0.2) is 4.79 Å². The van der Waals surface area contributed by atoms with E-state index in [4.69, 9.17) is 10.5 Å². The smallest absolute Gasteiger partial charge is 0.435 e. The van der Waals surface area contributed by atoms with Crippen molar-refractivity contribution in [1.82, 2.24) is 30.3 Å². The van der Waals surface area contributed by atoms with E-state index in [1.54, 1.807) is 0 Å². The molecule has 13 nitrogen and oxygen atoms in total. The summed E-state index contributed by atoms with van der Waals surface area (Å²) in [6, 6.07) is 9.32. The lowest BCUT2D eigenvalue weighted by Gasteiger charge is -2.24. The summed E-state index contributed by atoms with van der Waals surface area (Å²) in [6.07, 6.45) is 5.64. The van der Waals surface area contributed by atoms with Crippen LogP contribution in [0.5, 0.6) is 0 Å². The van der Waals surface area contributed by atoms with Gasteiger partial charge in [-0.1, -0.05) is 36.9 Å². The SMILES string of the molecule is C=CC(=O)NC1CC[C@@H](N(C)c2nnc(C(N)=O)c(Nc3cnn(C(=O)OCc4ccccc4)c3)n2)C1. The van der Waals surface area contributed by atoms with E-state index in [2.05, 4.69) is 37.5 Å². The Hall–Kier alpha value is -4.81. The van der Waals surface area contributed by atoms with Crippen molar-refractivity contribution in [3.8, 4) is 0 Å². The average Bonchev–Trinajstić information content (AvgIpc) is 3.57. The molecule has 0 bridgehead atoms. The fourth-order valence-corrected chi connectivity index (χ4v) is 3.99. The monoisotopic (exact) mass is 505 g/mol. The third-order valence-electron chi connectivity index (χ3n) is 5.95. The van der Waals surface area contributed by atoms with Crippen molar-refractivity contribution in [1.29, 1.82) is 0 Å². The highest BCUT2D eigenvalue weighted by Gasteiger charge is 2.30. The maximum absolute atomic E-state index is 12.4. The van der Waals surface area contributed by atoms with Crippen LogP contribution < -0.4 is 21.3 Å². The van der Waals surface area contributed by atoms with E-state index in [0.717, 1.165) is 23.1 Å². The van der Waals surface area contributed by atoms with E-state index >= 15 is 0 Å². The zero-order chi connectivity index (χ0) is 26.4. The molecule has 1 saturated carbocycles. The van der Waals surface area contributed by atoms with Crippen LogP contribution in [0.1, 0.15) is 35.3 Å². The van der Waals surface area contributed by atoms with Gasteiger partial charge < -0.3 is 26.0 Å². The van der Waals surface area contributed by atoms with Crippen molar-refractivity contribution >= 4 is 35.4 Å². The number of primary amides is 1. The molecule has 4 rings (SSSR count). The number of aromatic nitrogens is 5. The number of carbonyl (C=O) groups excluding carboxylic acids is 3. The van der Waals surface area contributed by atoms with E-state index in [9.17, 15) is 14.4 Å². The molecule has 2 amide bonds. The zero-order valence-electron chi connectivity index (χ0n) is 20.2. The molecule has 1 aliphatic rings. The van der Waals surface area contributed by atoms with E-state index in [1.165, 1.54) is 18.5 Å². The molecular weight excluding hydrogens is 478 g/mol. The second-order valence-electron chi connectivity index (χ2n) is 8.50. The largest absolute Gasteiger partial charge is 0.443 e. The number of ether oxygens (including phenoxy) is 1. The molecule has 4 N–H and O–H groups in total. The highest BCUT2D eigenvalue weighted by molar-refractivity contribution is 5.96. The summed E-state index contributed by atoms with van der Waals surface area (Å²) in [6.45, 7) is 3.57. The third-order valence-corrected chi connectivity index (χ3v) is 5.95. The van der Waals surface area contributed by atoms with Crippen LogP contribution in [-0.4, -0.2) is 62.0 Å². The first-order valence-electron chi connectivity index (χ1n) is 11.6. The van der Waals surface area contributed by atoms with Crippen molar-refractivity contribution in [2.24, 2.45) is 5.73 Å². The summed E-state index contributed by atoms with van der Waals surface area (Å²) in [5.74, 6) is -0.702. The Kier molecular flexibility index (Phi) is 7.71. The third kappa shape index (κ3) is 6.25. The highest BCUT2D eigenvalue weighted by atomic mass is 16.6. The van der Waals surface area contributed by atoms with E-state index in [0.29, 0.717) is 12.1 Å². The van der Waals surface area contributed by atoms with Crippen molar-refractivity contribution in [2.45, 2.75) is 38.0 Å². The van der Waals surface area contributed by atoms with Gasteiger partial charge in [0.25, 0.3) is 5.91 Å². The molecule has 2 aromatic heterocycles. The molecule has 2 heterocycles. The van der Waals surface area contributed by atoms with Crippen molar-refractivity contribution < 1.29 is 19.1 Å². The maximum Gasteiger partial charge on any atom is 0.435 e. The number of anilines is 3. The molecule has 0 spiro atoms. The van der Waals surface area contributed by atoms with Gasteiger partial charge in [0, 0.05) is 19.1 Å². The van der Waals surface area contributed by atoms with Gasteiger partial charge in [-0.3, -0.25) is 9.59 Å². The number of nitrogens with two attached hydrogens (primary N) is 1. The Bertz CT molecular complexity index is 1290. The Morgan fingerprint density at radius 2 is 2.03 bits per heavy atom. The molecule has 0 radical (unpaired) electrons. The highest BCUT2D eigenvalue weighted by Crippen LogP contribution is 2.27. The molecule has 2 atom stereocenters. The Morgan fingerprint density at radius 1 is 1.24 bits per heavy atom. The lowest BCUT2D eigenvalue weighted by Crippen LogP contribution is -2.36. The fraction of sp³-hybridized carbons (Fsp3) is 0.292. The van der Waals surface area contributed by atoms with Crippen LogP contribution in [0.2, 0.25) is 0 Å². The molecule has 0 aliphatic heterocycles. The van der Waals surface area contributed by atoms with Gasteiger partial charge in [0.05, 0.1) is 18.1 Å². The van der Waals surface area contributed by atoms with Gasteiger partial charge in [0.1, 0.15) is 6.61 Å². The van der Waals surface area contributed by atoms with Crippen LogP contribution in [0.3, 0.4) is 0 Å². The van der Waals surface area contributed by atoms with Crippen LogP contribution in [0, 0.1) is 0 Å². The number of hydrogen-bond donors (Lipinski definition) is 3. The topological polar surface area (TPSA) is 170 Å². The Balaban J connectivity index is 1.45. The van der Waals surface area contributed by atoms with Gasteiger partial charge in [-0.15, -0.1) is 10.2 Å². The molecule has 0 saturated heterocycles. The van der Waals surface area contributed by atoms with Gasteiger partial charge >= 0.3 is 6.09 Å². The summed E-state index contributed by atoms with van der Waals surface area (Å²) in [5, 5.41) is 17.9. The quantitative estimate of drug-likeness (QED) is 0.364. The summed E-state index contributed by atoms with van der Waals surface area (Å²) in [7, 11) is 1.81. The molecule has 1 unspecified atom stereocenters. The minimum absolute atomic E-state index is 0.0147. The molecule has 13 heteroatoms. The number of nitrogens with one attached hydrogen (secondary N) is 2. The van der Waals surface area contributed by atoms with Crippen LogP contribution in [0.15, 0.2) is 55.4 Å². The number of nitrogens with zero attached hydrogens (tertiary/aromatic N) is 6. The summed E-state index contributed by atoms with van der Waals surface area (Å²) in [5.41, 5.74) is 6.50. The summed E-state index contributed by atoms with van der Waals surface area (Å²) in [4.78, 5) is 42.2. The molecule has 1 aliphatic carbocycles. The van der Waals surface area contributed by atoms with Crippen LogP contribution in [0.4, 0.5) is 22.2 Å². The van der Waals surface area contributed by atoms with Crippen LogP contribution in [0.25, 0.3) is 0 Å². The second-order valence-corrected chi connectivity index (χ2v) is 8.50. The summed E-state index contributed by atoms with van der Waals surface area (Å²) < 4.78 is 6.29. The normalized spacial score (nSPS) is 16.6.